The van der Waals surface area contributed by atoms with Crippen LogP contribution in [0.25, 0.3) is 0 Å². The molecule has 0 radical (unpaired) electrons. The third-order valence-electron chi connectivity index (χ3n) is 3.77. The van der Waals surface area contributed by atoms with Crippen LogP contribution in [0.1, 0.15) is 28.4 Å². The van der Waals surface area contributed by atoms with Gasteiger partial charge in [-0.3, -0.25) is 14.4 Å². The number of benzene rings is 2. The summed E-state index contributed by atoms with van der Waals surface area (Å²) in [5, 5.41) is 4.88. The Morgan fingerprint density at radius 1 is 1.14 bits per heavy atom. The third kappa shape index (κ3) is 6.12. The van der Waals surface area contributed by atoms with E-state index in [9.17, 15) is 23.2 Å². The predicted octanol–water partition coefficient (Wildman–Crippen LogP) is 2.88. The van der Waals surface area contributed by atoms with Crippen molar-refractivity contribution in [1.29, 1.82) is 0 Å². The number of methoxy groups -OCH3 is 1. The number of esters is 1. The highest BCUT2D eigenvalue weighted by atomic mass is 79.9. The number of ether oxygens (including phenoxy) is 1. The average Bonchev–Trinajstić information content (AvgIpc) is 2.65. The smallest absolute Gasteiger partial charge is 0.307 e. The molecule has 0 aliphatic carbocycles. The minimum atomic E-state index is -1.03. The molecule has 0 bridgehead atoms. The van der Waals surface area contributed by atoms with Crippen molar-refractivity contribution < 1.29 is 27.9 Å². The van der Waals surface area contributed by atoms with Gasteiger partial charge in [-0.15, -0.1) is 0 Å². The lowest BCUT2D eigenvalue weighted by molar-refractivity contribution is -0.141. The number of hydrogen-bond acceptors (Lipinski definition) is 4. The van der Waals surface area contributed by atoms with Gasteiger partial charge in [-0.2, -0.15) is 0 Å². The van der Waals surface area contributed by atoms with Crippen LogP contribution in [0.4, 0.5) is 8.78 Å². The molecule has 1 atom stereocenters. The minimum absolute atomic E-state index is 0.112. The fourth-order valence-electron chi connectivity index (χ4n) is 2.40. The molecular formula is C19H17BrF2N2O4. The van der Waals surface area contributed by atoms with Crippen LogP contribution in [0.15, 0.2) is 46.9 Å². The lowest BCUT2D eigenvalue weighted by Gasteiger charge is -2.19. The summed E-state index contributed by atoms with van der Waals surface area (Å²) < 4.78 is 31.9. The van der Waals surface area contributed by atoms with Crippen LogP contribution in [0, 0.1) is 11.6 Å². The highest BCUT2D eigenvalue weighted by Crippen LogP contribution is 2.21. The van der Waals surface area contributed by atoms with Crippen molar-refractivity contribution in [1.82, 2.24) is 10.6 Å². The van der Waals surface area contributed by atoms with E-state index in [0.717, 1.165) is 16.6 Å². The Morgan fingerprint density at radius 2 is 1.89 bits per heavy atom. The highest BCUT2D eigenvalue weighted by Gasteiger charge is 2.20. The summed E-state index contributed by atoms with van der Waals surface area (Å²) >= 11 is 3.32. The Bertz CT molecular complexity index is 892. The molecule has 0 fully saturated rings. The SMILES string of the molecule is COC(=O)CC(NC(=O)CNC(=O)c1ccc(F)cc1F)c1cccc(Br)c1. The van der Waals surface area contributed by atoms with E-state index in [1.807, 2.05) is 0 Å². The van der Waals surface area contributed by atoms with Crippen molar-refractivity contribution in [3.05, 3.63) is 69.7 Å². The molecule has 2 rings (SSSR count). The molecule has 0 aliphatic heterocycles. The highest BCUT2D eigenvalue weighted by molar-refractivity contribution is 9.10. The second-order valence-electron chi connectivity index (χ2n) is 5.76. The maximum atomic E-state index is 13.6. The van der Waals surface area contributed by atoms with Gasteiger partial charge in [0.2, 0.25) is 5.91 Å². The number of carbonyl (C=O) groups excluding carboxylic acids is 3. The molecule has 2 amide bonds. The van der Waals surface area contributed by atoms with Crippen molar-refractivity contribution in [3.8, 4) is 0 Å². The first kappa shape index (κ1) is 21.5. The molecule has 9 heteroatoms. The summed E-state index contributed by atoms with van der Waals surface area (Å²) in [6.45, 7) is -0.457. The van der Waals surface area contributed by atoms with Crippen LogP contribution in [-0.4, -0.2) is 31.4 Å². The maximum absolute atomic E-state index is 13.6. The van der Waals surface area contributed by atoms with Crippen LogP contribution in [-0.2, 0) is 14.3 Å². The van der Waals surface area contributed by atoms with Gasteiger partial charge < -0.3 is 15.4 Å². The van der Waals surface area contributed by atoms with Gasteiger partial charge in [-0.1, -0.05) is 28.1 Å². The number of amides is 2. The van der Waals surface area contributed by atoms with Gasteiger partial charge in [0, 0.05) is 10.5 Å². The topological polar surface area (TPSA) is 84.5 Å². The van der Waals surface area contributed by atoms with Crippen LogP contribution in [0.2, 0.25) is 0 Å². The van der Waals surface area contributed by atoms with Crippen molar-refractivity contribution in [3.63, 3.8) is 0 Å². The van der Waals surface area contributed by atoms with E-state index in [1.165, 1.54) is 7.11 Å². The molecule has 148 valence electrons. The molecule has 0 saturated heterocycles. The average molecular weight is 455 g/mol. The zero-order valence-electron chi connectivity index (χ0n) is 14.8. The normalized spacial score (nSPS) is 11.4. The molecule has 2 N–H and O–H groups in total. The first-order valence-corrected chi connectivity index (χ1v) is 8.94. The fourth-order valence-corrected chi connectivity index (χ4v) is 2.82. The zero-order chi connectivity index (χ0) is 20.7. The third-order valence-corrected chi connectivity index (χ3v) is 4.26. The lowest BCUT2D eigenvalue weighted by atomic mass is 10.0. The molecule has 0 aliphatic rings. The second-order valence-corrected chi connectivity index (χ2v) is 6.68. The van der Waals surface area contributed by atoms with E-state index < -0.39 is 42.0 Å². The molecule has 2 aromatic rings. The summed E-state index contributed by atoms with van der Waals surface area (Å²) in [5.74, 6) is -3.82. The molecule has 0 saturated carbocycles. The van der Waals surface area contributed by atoms with E-state index in [2.05, 4.69) is 31.3 Å². The van der Waals surface area contributed by atoms with E-state index in [4.69, 9.17) is 0 Å². The Hall–Kier alpha value is -2.81. The van der Waals surface area contributed by atoms with Gasteiger partial charge in [0.15, 0.2) is 0 Å². The number of nitrogens with one attached hydrogen (secondary N) is 2. The van der Waals surface area contributed by atoms with Gasteiger partial charge in [0.25, 0.3) is 5.91 Å². The minimum Gasteiger partial charge on any atom is -0.469 e. The summed E-state index contributed by atoms with van der Waals surface area (Å²) in [6.07, 6.45) is -0.112. The Balaban J connectivity index is 2.02. The van der Waals surface area contributed by atoms with Gasteiger partial charge in [-0.25, -0.2) is 8.78 Å². The van der Waals surface area contributed by atoms with Crippen LogP contribution in [0.5, 0.6) is 0 Å². The van der Waals surface area contributed by atoms with Gasteiger partial charge in [0.1, 0.15) is 11.6 Å². The molecule has 6 nitrogen and oxygen atoms in total. The Labute approximate surface area is 168 Å². The molecular weight excluding hydrogens is 438 g/mol. The maximum Gasteiger partial charge on any atom is 0.307 e. The quantitative estimate of drug-likeness (QED) is 0.630. The number of hydrogen-bond donors (Lipinski definition) is 2. The number of rotatable bonds is 7. The van der Waals surface area contributed by atoms with Crippen molar-refractivity contribution in [2.24, 2.45) is 0 Å². The van der Waals surface area contributed by atoms with Crippen molar-refractivity contribution >= 4 is 33.7 Å². The first-order valence-electron chi connectivity index (χ1n) is 8.15. The molecule has 28 heavy (non-hydrogen) atoms. The van der Waals surface area contributed by atoms with Gasteiger partial charge in [-0.05, 0) is 29.8 Å². The van der Waals surface area contributed by atoms with E-state index >= 15 is 0 Å². The fraction of sp³-hybridized carbons (Fsp3) is 0.211. The Morgan fingerprint density at radius 3 is 2.54 bits per heavy atom. The first-order chi connectivity index (χ1) is 13.3. The monoisotopic (exact) mass is 454 g/mol. The van der Waals surface area contributed by atoms with Gasteiger partial charge >= 0.3 is 5.97 Å². The molecule has 2 aromatic carbocycles. The van der Waals surface area contributed by atoms with Crippen LogP contribution in [0.3, 0.4) is 0 Å². The summed E-state index contributed by atoms with van der Waals surface area (Å²) in [7, 11) is 1.24. The summed E-state index contributed by atoms with van der Waals surface area (Å²) in [4.78, 5) is 35.8. The van der Waals surface area contributed by atoms with E-state index in [-0.39, 0.29) is 12.0 Å². The number of carbonyl (C=O) groups is 3. The number of halogens is 3. The predicted molar refractivity (Wildman–Crippen MR) is 100 cm³/mol. The standard InChI is InChI=1S/C19H17BrF2N2O4/c1-28-18(26)9-16(11-3-2-4-12(20)7-11)24-17(25)10-23-19(27)14-6-5-13(21)8-15(14)22/h2-8,16H,9-10H2,1H3,(H,23,27)(H,24,25). The second kappa shape index (κ2) is 9.93. The van der Waals surface area contributed by atoms with Crippen molar-refractivity contribution in [2.45, 2.75) is 12.5 Å². The molecule has 0 spiro atoms. The molecule has 0 aromatic heterocycles. The van der Waals surface area contributed by atoms with E-state index in [1.54, 1.807) is 24.3 Å². The zero-order valence-corrected chi connectivity index (χ0v) is 16.4. The summed E-state index contributed by atoms with van der Waals surface area (Å²) in [6, 6.07) is 8.82. The van der Waals surface area contributed by atoms with Crippen molar-refractivity contribution in [2.75, 3.05) is 13.7 Å². The van der Waals surface area contributed by atoms with E-state index in [0.29, 0.717) is 11.6 Å². The largest absolute Gasteiger partial charge is 0.469 e. The van der Waals surface area contributed by atoms with Gasteiger partial charge in [0.05, 0.1) is 31.7 Å². The molecule has 0 heterocycles. The molecule has 1 unspecified atom stereocenters. The van der Waals surface area contributed by atoms with Crippen LogP contribution < -0.4 is 10.6 Å². The Kier molecular flexibility index (Phi) is 7.62. The lowest BCUT2D eigenvalue weighted by Crippen LogP contribution is -2.39. The summed E-state index contributed by atoms with van der Waals surface area (Å²) in [5.41, 5.74) is 0.274. The van der Waals surface area contributed by atoms with Crippen LogP contribution >= 0.6 is 15.9 Å².